The summed E-state index contributed by atoms with van der Waals surface area (Å²) in [4.78, 5) is 8.87. The van der Waals surface area contributed by atoms with Crippen molar-refractivity contribution in [3.05, 3.63) is 47.4 Å². The van der Waals surface area contributed by atoms with Crippen LogP contribution in [0.25, 0.3) is 0 Å². The van der Waals surface area contributed by atoms with Gasteiger partial charge in [0.05, 0.1) is 24.8 Å². The van der Waals surface area contributed by atoms with Gasteiger partial charge in [-0.1, -0.05) is 18.2 Å². The summed E-state index contributed by atoms with van der Waals surface area (Å²) in [5.41, 5.74) is 7.83. The normalized spacial score (nSPS) is 17.4. The first-order valence-electron chi connectivity index (χ1n) is 6.59. The van der Waals surface area contributed by atoms with E-state index in [0.717, 1.165) is 23.7 Å². The molecule has 2 aromatic rings. The maximum absolute atomic E-state index is 5.84. The summed E-state index contributed by atoms with van der Waals surface area (Å²) >= 11 is 0. The highest BCUT2D eigenvalue weighted by molar-refractivity contribution is 5.37. The molecule has 1 aliphatic heterocycles. The van der Waals surface area contributed by atoms with E-state index in [1.54, 1.807) is 13.2 Å². The largest absolute Gasteiger partial charge is 0.493 e. The van der Waals surface area contributed by atoms with Crippen LogP contribution in [0.4, 0.5) is 5.82 Å². The summed E-state index contributed by atoms with van der Waals surface area (Å²) < 4.78 is 10.9. The highest BCUT2D eigenvalue weighted by Crippen LogP contribution is 2.31. The minimum Gasteiger partial charge on any atom is -0.493 e. The van der Waals surface area contributed by atoms with Crippen molar-refractivity contribution in [2.24, 2.45) is 0 Å². The van der Waals surface area contributed by atoms with Crippen molar-refractivity contribution in [1.82, 2.24) is 9.97 Å². The molecular weight excluding hydrogens is 254 g/mol. The molecule has 0 saturated carbocycles. The predicted octanol–water partition coefficient (Wildman–Crippen LogP) is 1.92. The molecule has 0 aliphatic carbocycles. The average Bonchev–Trinajstić information content (AvgIpc) is 2.46. The number of rotatable bonds is 3. The molecular formula is C15H17N3O2. The minimum absolute atomic E-state index is 0.129. The molecule has 0 radical (unpaired) electrons. The highest BCUT2D eigenvalue weighted by atomic mass is 16.5. The number of benzene rings is 1. The van der Waals surface area contributed by atoms with Crippen LogP contribution in [-0.4, -0.2) is 23.7 Å². The fraction of sp³-hybridized carbons (Fsp3) is 0.333. The second kappa shape index (κ2) is 5.46. The third kappa shape index (κ3) is 2.58. The molecule has 1 atom stereocenters. The van der Waals surface area contributed by atoms with E-state index in [2.05, 4.69) is 16.0 Å². The van der Waals surface area contributed by atoms with Crippen LogP contribution in [0, 0.1) is 0 Å². The standard InChI is InChI=1S/C15H17N3O2/c1-19-9-12-7-14(16)18-15(17-12)11-6-10-4-2-3-5-13(10)20-8-11/h2-5,7,11H,6,8-9H2,1H3,(H2,16,17,18). The lowest BCUT2D eigenvalue weighted by molar-refractivity contribution is 0.180. The van der Waals surface area contributed by atoms with Gasteiger partial charge < -0.3 is 15.2 Å². The van der Waals surface area contributed by atoms with Gasteiger partial charge in [-0.05, 0) is 18.1 Å². The van der Waals surface area contributed by atoms with Crippen LogP contribution >= 0.6 is 0 Å². The Morgan fingerprint density at radius 2 is 2.20 bits per heavy atom. The Labute approximate surface area is 117 Å². The van der Waals surface area contributed by atoms with Crippen molar-refractivity contribution in [2.75, 3.05) is 19.5 Å². The van der Waals surface area contributed by atoms with Gasteiger partial charge in [0.25, 0.3) is 0 Å². The van der Waals surface area contributed by atoms with Crippen LogP contribution in [0.3, 0.4) is 0 Å². The third-order valence-electron chi connectivity index (χ3n) is 3.35. The molecule has 2 N–H and O–H groups in total. The van der Waals surface area contributed by atoms with Crippen molar-refractivity contribution in [2.45, 2.75) is 18.9 Å². The van der Waals surface area contributed by atoms with Crippen molar-refractivity contribution >= 4 is 5.82 Å². The maximum Gasteiger partial charge on any atom is 0.137 e. The number of hydrogen-bond donors (Lipinski definition) is 1. The first-order chi connectivity index (χ1) is 9.76. The van der Waals surface area contributed by atoms with Gasteiger partial charge in [-0.3, -0.25) is 0 Å². The first kappa shape index (κ1) is 12.9. The van der Waals surface area contributed by atoms with Crippen LogP contribution < -0.4 is 10.5 Å². The predicted molar refractivity (Wildman–Crippen MR) is 75.5 cm³/mol. The molecule has 1 aliphatic rings. The molecule has 0 bridgehead atoms. The van der Waals surface area contributed by atoms with E-state index < -0.39 is 0 Å². The Bertz CT molecular complexity index is 616. The quantitative estimate of drug-likeness (QED) is 0.923. The molecule has 1 aromatic carbocycles. The maximum atomic E-state index is 5.84. The van der Waals surface area contributed by atoms with Crippen LogP contribution in [0.2, 0.25) is 0 Å². The van der Waals surface area contributed by atoms with E-state index in [1.807, 2.05) is 18.2 Å². The van der Waals surface area contributed by atoms with Crippen LogP contribution in [0.15, 0.2) is 30.3 Å². The lowest BCUT2D eigenvalue weighted by Crippen LogP contribution is -2.22. The van der Waals surface area contributed by atoms with Gasteiger partial charge in [-0.2, -0.15) is 0 Å². The van der Waals surface area contributed by atoms with Crippen LogP contribution in [0.5, 0.6) is 5.75 Å². The van der Waals surface area contributed by atoms with E-state index in [0.29, 0.717) is 19.0 Å². The van der Waals surface area contributed by atoms with Gasteiger partial charge in [0.15, 0.2) is 0 Å². The number of anilines is 1. The SMILES string of the molecule is COCc1cc(N)nc(C2COc3ccccc3C2)n1. The summed E-state index contributed by atoms with van der Waals surface area (Å²) in [5.74, 6) is 2.28. The number of fused-ring (bicyclic) bond motifs is 1. The number of para-hydroxylation sites is 1. The number of hydrogen-bond acceptors (Lipinski definition) is 5. The second-order valence-corrected chi connectivity index (χ2v) is 4.90. The van der Waals surface area contributed by atoms with Crippen molar-refractivity contribution in [3.8, 4) is 5.75 Å². The molecule has 5 nitrogen and oxygen atoms in total. The number of nitrogen functional groups attached to an aromatic ring is 1. The second-order valence-electron chi connectivity index (χ2n) is 4.90. The van der Waals surface area contributed by atoms with E-state index in [4.69, 9.17) is 15.2 Å². The molecule has 5 heteroatoms. The van der Waals surface area contributed by atoms with Crippen LogP contribution in [-0.2, 0) is 17.8 Å². The summed E-state index contributed by atoms with van der Waals surface area (Å²) in [7, 11) is 1.64. The highest BCUT2D eigenvalue weighted by Gasteiger charge is 2.23. The Balaban J connectivity index is 1.87. The van der Waals surface area contributed by atoms with Gasteiger partial charge in [0.2, 0.25) is 0 Å². The molecule has 0 spiro atoms. The summed E-state index contributed by atoms with van der Waals surface area (Å²) in [6.45, 7) is 1.01. The topological polar surface area (TPSA) is 70.3 Å². The monoisotopic (exact) mass is 271 g/mol. The van der Waals surface area contributed by atoms with Gasteiger partial charge in [-0.15, -0.1) is 0 Å². The Morgan fingerprint density at radius 1 is 1.35 bits per heavy atom. The third-order valence-corrected chi connectivity index (χ3v) is 3.35. The van der Waals surface area contributed by atoms with E-state index in [-0.39, 0.29) is 5.92 Å². The Kier molecular flexibility index (Phi) is 3.52. The zero-order valence-corrected chi connectivity index (χ0v) is 11.4. The van der Waals surface area contributed by atoms with Crippen LogP contribution in [0.1, 0.15) is 23.0 Å². The number of methoxy groups -OCH3 is 1. The molecule has 3 rings (SSSR count). The summed E-state index contributed by atoms with van der Waals surface area (Å²) in [6, 6.07) is 9.80. The number of ether oxygens (including phenoxy) is 2. The van der Waals surface area contributed by atoms with E-state index >= 15 is 0 Å². The summed E-state index contributed by atoms with van der Waals surface area (Å²) in [6.07, 6.45) is 0.867. The van der Waals surface area contributed by atoms with Gasteiger partial charge in [0.1, 0.15) is 17.4 Å². The molecule has 2 heterocycles. The van der Waals surface area contributed by atoms with E-state index in [9.17, 15) is 0 Å². The number of nitrogens with zero attached hydrogens (tertiary/aromatic N) is 2. The average molecular weight is 271 g/mol. The first-order valence-corrected chi connectivity index (χ1v) is 6.59. The molecule has 104 valence electrons. The Hall–Kier alpha value is -2.14. The molecule has 0 fully saturated rings. The molecule has 0 saturated heterocycles. The smallest absolute Gasteiger partial charge is 0.137 e. The van der Waals surface area contributed by atoms with E-state index in [1.165, 1.54) is 5.56 Å². The Morgan fingerprint density at radius 3 is 3.05 bits per heavy atom. The fourth-order valence-corrected chi connectivity index (χ4v) is 2.44. The molecule has 20 heavy (non-hydrogen) atoms. The number of nitrogens with two attached hydrogens (primary N) is 1. The van der Waals surface area contributed by atoms with Gasteiger partial charge in [0, 0.05) is 13.2 Å². The minimum atomic E-state index is 0.129. The van der Waals surface area contributed by atoms with Crippen molar-refractivity contribution in [3.63, 3.8) is 0 Å². The van der Waals surface area contributed by atoms with Crippen molar-refractivity contribution < 1.29 is 9.47 Å². The zero-order chi connectivity index (χ0) is 13.9. The zero-order valence-electron chi connectivity index (χ0n) is 11.4. The fourth-order valence-electron chi connectivity index (χ4n) is 2.44. The molecule has 0 amide bonds. The molecule has 1 aromatic heterocycles. The van der Waals surface area contributed by atoms with Gasteiger partial charge in [-0.25, -0.2) is 9.97 Å². The molecule has 1 unspecified atom stereocenters. The van der Waals surface area contributed by atoms with Gasteiger partial charge >= 0.3 is 0 Å². The lowest BCUT2D eigenvalue weighted by Gasteiger charge is -2.24. The van der Waals surface area contributed by atoms with Crippen molar-refractivity contribution in [1.29, 1.82) is 0 Å². The lowest BCUT2D eigenvalue weighted by atomic mass is 9.96. The number of aromatic nitrogens is 2. The summed E-state index contributed by atoms with van der Waals surface area (Å²) in [5, 5.41) is 0.